The first kappa shape index (κ1) is 17.5. The summed E-state index contributed by atoms with van der Waals surface area (Å²) in [6, 6.07) is 0. The zero-order valence-electron chi connectivity index (χ0n) is 12.5. The van der Waals surface area contributed by atoms with E-state index in [4.69, 9.17) is 4.74 Å². The van der Waals surface area contributed by atoms with E-state index in [0.29, 0.717) is 18.6 Å². The van der Waals surface area contributed by atoms with Gasteiger partial charge in [0.25, 0.3) is 0 Å². The Morgan fingerprint density at radius 2 is 1.61 bits per heavy atom. The van der Waals surface area contributed by atoms with Gasteiger partial charge in [-0.05, 0) is 12.8 Å². The normalized spacial score (nSPS) is 12.3. The Bertz CT molecular complexity index is 288. The Morgan fingerprint density at radius 3 is 1.94 bits per heavy atom. The van der Waals surface area contributed by atoms with E-state index in [1.165, 1.54) is 7.11 Å². The van der Waals surface area contributed by atoms with Crippen LogP contribution < -0.4 is 0 Å². The minimum absolute atomic E-state index is 0.0714. The Labute approximate surface area is 115 Å². The highest BCUT2D eigenvalue weighted by Gasteiger charge is 2.38. The summed E-state index contributed by atoms with van der Waals surface area (Å²) in [5.41, 5.74) is -0.635. The number of carbonyl (C=O) groups excluding carboxylic acids is 2. The lowest BCUT2D eigenvalue weighted by molar-refractivity contribution is -0.155. The number of carbonyl (C=O) groups is 2. The van der Waals surface area contributed by atoms with Gasteiger partial charge in [-0.2, -0.15) is 0 Å². The van der Waals surface area contributed by atoms with Crippen molar-refractivity contribution in [2.75, 3.05) is 12.9 Å². The fourth-order valence-electron chi connectivity index (χ4n) is 1.80. The van der Waals surface area contributed by atoms with Gasteiger partial charge in [-0.25, -0.2) is 0 Å². The van der Waals surface area contributed by atoms with Crippen LogP contribution in [-0.2, 0) is 14.3 Å². The molecule has 0 spiro atoms. The number of thioether (sulfide) groups is 1. The van der Waals surface area contributed by atoms with Crippen molar-refractivity contribution in [2.45, 2.75) is 58.6 Å². The number of Topliss-reactive ketones (excluding diaryl/α,β-unsaturated/α-hetero) is 1. The molecule has 0 fully saturated rings. The van der Waals surface area contributed by atoms with Crippen LogP contribution in [0.1, 0.15) is 53.9 Å². The second-order valence-corrected chi connectivity index (χ2v) is 7.40. The number of methoxy groups -OCH3 is 1. The molecule has 0 aliphatic rings. The molecule has 0 heterocycles. The molecule has 0 bridgehead atoms. The highest BCUT2D eigenvalue weighted by atomic mass is 32.2. The highest BCUT2D eigenvalue weighted by molar-refractivity contribution is 8.01. The van der Waals surface area contributed by atoms with E-state index >= 15 is 0 Å². The van der Waals surface area contributed by atoms with E-state index in [1.807, 2.05) is 13.8 Å². The van der Waals surface area contributed by atoms with Gasteiger partial charge >= 0.3 is 5.97 Å². The van der Waals surface area contributed by atoms with Gasteiger partial charge in [0.05, 0.1) is 18.3 Å². The maximum Gasteiger partial charge on any atom is 0.312 e. The average Bonchev–Trinajstić information content (AvgIpc) is 2.31. The molecule has 0 radical (unpaired) electrons. The van der Waals surface area contributed by atoms with Crippen LogP contribution in [0, 0.1) is 5.41 Å². The van der Waals surface area contributed by atoms with Crippen LogP contribution >= 0.6 is 11.8 Å². The average molecular weight is 274 g/mol. The van der Waals surface area contributed by atoms with Gasteiger partial charge in [0.2, 0.25) is 0 Å². The molecular formula is C14H26O3S. The Morgan fingerprint density at radius 1 is 1.11 bits per heavy atom. The number of rotatable bonds is 7. The van der Waals surface area contributed by atoms with Crippen LogP contribution in [-0.4, -0.2) is 29.4 Å². The van der Waals surface area contributed by atoms with E-state index < -0.39 is 5.41 Å². The third-order valence-electron chi connectivity index (χ3n) is 3.17. The molecule has 0 rings (SSSR count). The molecule has 0 unspecified atom stereocenters. The smallest absolute Gasteiger partial charge is 0.312 e. The lowest BCUT2D eigenvalue weighted by atomic mass is 9.78. The van der Waals surface area contributed by atoms with E-state index in [2.05, 4.69) is 20.8 Å². The molecule has 0 N–H and O–H groups in total. The fourth-order valence-corrected chi connectivity index (χ4v) is 2.50. The van der Waals surface area contributed by atoms with E-state index in [9.17, 15) is 9.59 Å². The van der Waals surface area contributed by atoms with Crippen LogP contribution in [0.2, 0.25) is 0 Å². The number of esters is 1. The molecule has 0 atom stereocenters. The fraction of sp³-hybridized carbons (Fsp3) is 0.857. The minimum Gasteiger partial charge on any atom is -0.469 e. The Kier molecular flexibility index (Phi) is 6.97. The van der Waals surface area contributed by atoms with Gasteiger partial charge in [-0.1, -0.05) is 34.6 Å². The molecule has 0 saturated heterocycles. The van der Waals surface area contributed by atoms with Crippen molar-refractivity contribution in [3.8, 4) is 0 Å². The standard InChI is InChI=1S/C14H26O3S/c1-7-14(8-2,12(16)17-6)9-11(15)10-18-13(3,4)5/h7-10H2,1-6H3. The predicted octanol–water partition coefficient (Wildman–Crippen LogP) is 3.46. The van der Waals surface area contributed by atoms with Gasteiger partial charge in [0, 0.05) is 11.2 Å². The van der Waals surface area contributed by atoms with E-state index in [0.717, 1.165) is 0 Å². The third kappa shape index (κ3) is 5.42. The lowest BCUT2D eigenvalue weighted by Crippen LogP contribution is -2.34. The summed E-state index contributed by atoms with van der Waals surface area (Å²) in [4.78, 5) is 23.9. The van der Waals surface area contributed by atoms with Crippen LogP contribution in [0.4, 0.5) is 0 Å². The van der Waals surface area contributed by atoms with Gasteiger partial charge in [-0.3, -0.25) is 9.59 Å². The van der Waals surface area contributed by atoms with Crippen molar-refractivity contribution in [3.05, 3.63) is 0 Å². The van der Waals surface area contributed by atoms with Gasteiger partial charge < -0.3 is 4.74 Å². The molecule has 0 aliphatic heterocycles. The van der Waals surface area contributed by atoms with E-state index in [-0.39, 0.29) is 22.9 Å². The summed E-state index contributed by atoms with van der Waals surface area (Å²) < 4.78 is 4.92. The minimum atomic E-state index is -0.635. The second kappa shape index (κ2) is 7.17. The number of ether oxygens (including phenoxy) is 1. The molecule has 3 nitrogen and oxygen atoms in total. The second-order valence-electron chi connectivity index (χ2n) is 5.60. The molecule has 4 heteroatoms. The summed E-state index contributed by atoms with van der Waals surface area (Å²) in [6.07, 6.45) is 1.57. The monoisotopic (exact) mass is 274 g/mol. The first-order chi connectivity index (χ1) is 8.20. The van der Waals surface area contributed by atoms with Crippen LogP contribution in [0.25, 0.3) is 0 Å². The van der Waals surface area contributed by atoms with Crippen LogP contribution in [0.15, 0.2) is 0 Å². The molecule has 106 valence electrons. The molecular weight excluding hydrogens is 248 g/mol. The van der Waals surface area contributed by atoms with Crippen LogP contribution in [0.5, 0.6) is 0 Å². The summed E-state index contributed by atoms with van der Waals surface area (Å²) in [5.74, 6) is 0.327. The van der Waals surface area contributed by atoms with Crippen molar-refractivity contribution in [1.82, 2.24) is 0 Å². The summed E-state index contributed by atoms with van der Waals surface area (Å²) in [6.45, 7) is 10.1. The maximum absolute atomic E-state index is 12.0. The zero-order chi connectivity index (χ0) is 14.4. The van der Waals surface area contributed by atoms with Crippen molar-refractivity contribution in [2.24, 2.45) is 5.41 Å². The van der Waals surface area contributed by atoms with Crippen molar-refractivity contribution in [1.29, 1.82) is 0 Å². The summed E-state index contributed by atoms with van der Waals surface area (Å²) >= 11 is 1.62. The maximum atomic E-state index is 12.0. The lowest BCUT2D eigenvalue weighted by Gasteiger charge is -2.28. The molecule has 0 aromatic rings. The molecule has 18 heavy (non-hydrogen) atoms. The molecule has 0 aliphatic carbocycles. The van der Waals surface area contributed by atoms with Crippen LogP contribution in [0.3, 0.4) is 0 Å². The number of hydrogen-bond donors (Lipinski definition) is 0. The third-order valence-corrected chi connectivity index (χ3v) is 4.51. The van der Waals surface area contributed by atoms with Gasteiger partial charge in [-0.15, -0.1) is 11.8 Å². The largest absolute Gasteiger partial charge is 0.469 e. The van der Waals surface area contributed by atoms with Crippen molar-refractivity contribution < 1.29 is 14.3 Å². The van der Waals surface area contributed by atoms with Crippen molar-refractivity contribution in [3.63, 3.8) is 0 Å². The van der Waals surface area contributed by atoms with Crippen molar-refractivity contribution >= 4 is 23.5 Å². The molecule has 0 saturated carbocycles. The van der Waals surface area contributed by atoms with Gasteiger partial charge in [0.15, 0.2) is 0 Å². The Hall–Kier alpha value is -0.510. The molecule has 0 aromatic heterocycles. The Balaban J connectivity index is 4.60. The SMILES string of the molecule is CCC(CC)(CC(=O)CSC(C)(C)C)C(=O)OC. The predicted molar refractivity (Wildman–Crippen MR) is 76.9 cm³/mol. The first-order valence-corrected chi connectivity index (χ1v) is 7.43. The van der Waals surface area contributed by atoms with E-state index in [1.54, 1.807) is 11.8 Å². The quantitative estimate of drug-likeness (QED) is 0.667. The summed E-state index contributed by atoms with van der Waals surface area (Å²) in [7, 11) is 1.39. The first-order valence-electron chi connectivity index (χ1n) is 6.45. The topological polar surface area (TPSA) is 43.4 Å². The highest BCUT2D eigenvalue weighted by Crippen LogP contribution is 2.33. The molecule has 0 aromatic carbocycles. The summed E-state index contributed by atoms with van der Waals surface area (Å²) in [5, 5.41) is 0. The zero-order valence-corrected chi connectivity index (χ0v) is 13.3. The molecule has 0 amide bonds. The van der Waals surface area contributed by atoms with Gasteiger partial charge in [0.1, 0.15) is 5.78 Å². The number of ketones is 1. The number of hydrogen-bond acceptors (Lipinski definition) is 4.